The molecule has 3 rings (SSSR count). The number of aromatic nitrogens is 2. The molecule has 1 saturated heterocycles. The van der Waals surface area contributed by atoms with Crippen LogP contribution in [-0.4, -0.2) is 23.1 Å². The maximum absolute atomic E-state index is 4.37. The molecule has 3 atom stereocenters. The molecule has 0 spiro atoms. The summed E-state index contributed by atoms with van der Waals surface area (Å²) in [4.78, 5) is 8.51. The fraction of sp³-hybridized carbons (Fsp3) is 0.667. The van der Waals surface area contributed by atoms with Crippen LogP contribution in [0.2, 0.25) is 0 Å². The third kappa shape index (κ3) is 1.76. The van der Waals surface area contributed by atoms with Gasteiger partial charge in [-0.1, -0.05) is 0 Å². The van der Waals surface area contributed by atoms with E-state index >= 15 is 0 Å². The van der Waals surface area contributed by atoms with Crippen LogP contribution in [0.3, 0.4) is 0 Å². The highest BCUT2D eigenvalue weighted by Gasteiger charge is 2.38. The molecule has 3 heteroatoms. The van der Waals surface area contributed by atoms with E-state index in [1.807, 2.05) is 6.20 Å². The molecule has 1 aliphatic heterocycles. The Kier molecular flexibility index (Phi) is 2.41. The second-order valence-electron chi connectivity index (χ2n) is 4.82. The Hall–Kier alpha value is -0.960. The first kappa shape index (κ1) is 9.28. The van der Waals surface area contributed by atoms with Crippen molar-refractivity contribution in [2.24, 2.45) is 17.8 Å². The normalized spacial score (nSPS) is 34.3. The van der Waals surface area contributed by atoms with Crippen LogP contribution in [0.5, 0.6) is 0 Å². The number of nitrogens with one attached hydrogen (secondary N) is 1. The topological polar surface area (TPSA) is 37.8 Å². The van der Waals surface area contributed by atoms with Crippen molar-refractivity contribution in [1.82, 2.24) is 15.3 Å². The van der Waals surface area contributed by atoms with Crippen molar-refractivity contribution in [1.29, 1.82) is 0 Å². The molecule has 15 heavy (non-hydrogen) atoms. The van der Waals surface area contributed by atoms with E-state index in [4.69, 9.17) is 0 Å². The highest BCUT2D eigenvalue weighted by molar-refractivity contribution is 5.01. The van der Waals surface area contributed by atoms with Gasteiger partial charge in [0.2, 0.25) is 0 Å². The maximum Gasteiger partial charge on any atom is 0.0589 e. The van der Waals surface area contributed by atoms with E-state index in [1.165, 1.54) is 25.9 Å². The molecule has 2 aliphatic rings. The van der Waals surface area contributed by atoms with Crippen LogP contribution in [0.1, 0.15) is 18.5 Å². The summed E-state index contributed by atoms with van der Waals surface area (Å²) < 4.78 is 0. The zero-order valence-electron chi connectivity index (χ0n) is 8.89. The summed E-state index contributed by atoms with van der Waals surface area (Å²) in [5, 5.41) is 3.50. The Morgan fingerprint density at radius 1 is 1.27 bits per heavy atom. The largest absolute Gasteiger partial charge is 0.316 e. The van der Waals surface area contributed by atoms with Crippen molar-refractivity contribution in [3.05, 3.63) is 24.3 Å². The molecule has 1 aromatic rings. The van der Waals surface area contributed by atoms with Crippen molar-refractivity contribution in [2.75, 3.05) is 13.1 Å². The Bertz CT molecular complexity index is 325. The van der Waals surface area contributed by atoms with Gasteiger partial charge in [0.15, 0.2) is 0 Å². The molecule has 1 N–H and O–H groups in total. The fourth-order valence-corrected chi connectivity index (χ4v) is 3.22. The molecular formula is C12H17N3. The van der Waals surface area contributed by atoms with E-state index in [-0.39, 0.29) is 0 Å². The van der Waals surface area contributed by atoms with E-state index in [0.29, 0.717) is 0 Å². The van der Waals surface area contributed by atoms with Gasteiger partial charge in [0.25, 0.3) is 0 Å². The number of hydrogen-bond donors (Lipinski definition) is 1. The van der Waals surface area contributed by atoms with E-state index in [0.717, 1.165) is 29.9 Å². The van der Waals surface area contributed by atoms with Crippen LogP contribution >= 0.6 is 0 Å². The van der Waals surface area contributed by atoms with E-state index < -0.39 is 0 Å². The van der Waals surface area contributed by atoms with Gasteiger partial charge in [-0.05, 0) is 50.1 Å². The molecule has 3 nitrogen and oxygen atoms in total. The molecule has 1 saturated carbocycles. The molecule has 80 valence electrons. The zero-order valence-corrected chi connectivity index (χ0v) is 8.89. The van der Waals surface area contributed by atoms with Crippen LogP contribution in [0.25, 0.3) is 0 Å². The van der Waals surface area contributed by atoms with Gasteiger partial charge in [0.1, 0.15) is 0 Å². The second kappa shape index (κ2) is 3.89. The van der Waals surface area contributed by atoms with Crippen LogP contribution in [0, 0.1) is 17.8 Å². The third-order valence-corrected chi connectivity index (χ3v) is 3.99. The lowest BCUT2D eigenvalue weighted by Gasteiger charge is -2.16. The predicted octanol–water partition coefficient (Wildman–Crippen LogP) is 1.26. The minimum atomic E-state index is 0.835. The standard InChI is InChI=1S/C12H17N3/c1-2-10-6-14-8-12(10)9(1)5-11-7-13-3-4-15-11/h3-4,7,9-10,12,14H,1-2,5-6,8H2. The Morgan fingerprint density at radius 3 is 3.13 bits per heavy atom. The smallest absolute Gasteiger partial charge is 0.0589 e. The predicted molar refractivity (Wildman–Crippen MR) is 58.3 cm³/mol. The van der Waals surface area contributed by atoms with Gasteiger partial charge < -0.3 is 5.32 Å². The van der Waals surface area contributed by atoms with E-state index in [9.17, 15) is 0 Å². The van der Waals surface area contributed by atoms with E-state index in [2.05, 4.69) is 15.3 Å². The average Bonchev–Trinajstić information content (AvgIpc) is 2.85. The first-order chi connectivity index (χ1) is 7.43. The lowest BCUT2D eigenvalue weighted by atomic mass is 9.89. The van der Waals surface area contributed by atoms with Gasteiger partial charge in [-0.3, -0.25) is 9.97 Å². The summed E-state index contributed by atoms with van der Waals surface area (Å²) in [7, 11) is 0. The average molecular weight is 203 g/mol. The molecule has 0 amide bonds. The zero-order chi connectivity index (χ0) is 10.1. The van der Waals surface area contributed by atoms with Gasteiger partial charge in [0, 0.05) is 18.6 Å². The summed E-state index contributed by atoms with van der Waals surface area (Å²) in [5.41, 5.74) is 1.16. The Morgan fingerprint density at radius 2 is 2.27 bits per heavy atom. The van der Waals surface area contributed by atoms with Crippen molar-refractivity contribution in [3.63, 3.8) is 0 Å². The van der Waals surface area contributed by atoms with Crippen LogP contribution in [0.15, 0.2) is 18.6 Å². The molecular weight excluding hydrogens is 186 g/mol. The van der Waals surface area contributed by atoms with E-state index in [1.54, 1.807) is 12.4 Å². The number of rotatable bonds is 2. The van der Waals surface area contributed by atoms with Gasteiger partial charge in [0.05, 0.1) is 5.69 Å². The third-order valence-electron chi connectivity index (χ3n) is 3.99. The second-order valence-corrected chi connectivity index (χ2v) is 4.82. The van der Waals surface area contributed by atoms with Crippen molar-refractivity contribution in [2.45, 2.75) is 19.3 Å². The van der Waals surface area contributed by atoms with Crippen molar-refractivity contribution < 1.29 is 0 Å². The summed E-state index contributed by atoms with van der Waals surface area (Å²) >= 11 is 0. The van der Waals surface area contributed by atoms with Gasteiger partial charge in [-0.2, -0.15) is 0 Å². The van der Waals surface area contributed by atoms with Gasteiger partial charge >= 0.3 is 0 Å². The number of nitrogens with zero attached hydrogens (tertiary/aromatic N) is 2. The highest BCUT2D eigenvalue weighted by atomic mass is 14.9. The molecule has 2 heterocycles. The summed E-state index contributed by atoms with van der Waals surface area (Å²) in [5.74, 6) is 2.67. The number of hydrogen-bond acceptors (Lipinski definition) is 3. The first-order valence-electron chi connectivity index (χ1n) is 5.89. The molecule has 0 aromatic carbocycles. The number of fused-ring (bicyclic) bond motifs is 1. The SMILES string of the molecule is c1cnc(CC2CCC3CNCC32)cn1. The Balaban J connectivity index is 1.69. The molecule has 0 radical (unpaired) electrons. The maximum atomic E-state index is 4.37. The first-order valence-corrected chi connectivity index (χ1v) is 5.89. The molecule has 1 aromatic heterocycles. The van der Waals surface area contributed by atoms with Gasteiger partial charge in [-0.15, -0.1) is 0 Å². The monoisotopic (exact) mass is 203 g/mol. The van der Waals surface area contributed by atoms with Crippen LogP contribution < -0.4 is 5.32 Å². The highest BCUT2D eigenvalue weighted by Crippen LogP contribution is 2.40. The van der Waals surface area contributed by atoms with Crippen LogP contribution in [-0.2, 0) is 6.42 Å². The minimum absolute atomic E-state index is 0.835. The molecule has 2 fully saturated rings. The Labute approximate surface area is 90.3 Å². The lowest BCUT2D eigenvalue weighted by Crippen LogP contribution is -2.18. The molecule has 0 bridgehead atoms. The minimum Gasteiger partial charge on any atom is -0.316 e. The summed E-state index contributed by atoms with van der Waals surface area (Å²) in [6, 6.07) is 0. The fourth-order valence-electron chi connectivity index (χ4n) is 3.22. The van der Waals surface area contributed by atoms with Gasteiger partial charge in [-0.25, -0.2) is 0 Å². The molecule has 3 unspecified atom stereocenters. The summed E-state index contributed by atoms with van der Waals surface area (Å²) in [6.07, 6.45) is 9.37. The quantitative estimate of drug-likeness (QED) is 0.786. The van der Waals surface area contributed by atoms with Crippen LogP contribution in [0.4, 0.5) is 0 Å². The van der Waals surface area contributed by atoms with Crippen molar-refractivity contribution in [3.8, 4) is 0 Å². The summed E-state index contributed by atoms with van der Waals surface area (Å²) in [6.45, 7) is 2.46. The lowest BCUT2D eigenvalue weighted by molar-refractivity contribution is 0.371. The van der Waals surface area contributed by atoms with Crippen molar-refractivity contribution >= 4 is 0 Å². The molecule has 1 aliphatic carbocycles.